The molecule has 0 unspecified atom stereocenters. The molecule has 4 rings (SSSR count). The molecule has 1 aromatic heterocycles. The number of amides is 2. The first-order chi connectivity index (χ1) is 14.0. The first-order valence-corrected chi connectivity index (χ1v) is 10.0. The second kappa shape index (κ2) is 8.14. The van der Waals surface area contributed by atoms with Crippen LogP contribution in [0.1, 0.15) is 56.2 Å². The lowest BCUT2D eigenvalue weighted by Crippen LogP contribution is -2.36. The summed E-state index contributed by atoms with van der Waals surface area (Å²) in [5.74, 6) is 0.634. The van der Waals surface area contributed by atoms with Gasteiger partial charge in [-0.15, -0.1) is 0 Å². The molecular weight excluding hydrogens is 372 g/mol. The van der Waals surface area contributed by atoms with E-state index in [1.807, 2.05) is 43.3 Å². The molecule has 1 aromatic carbocycles. The Kier molecular flexibility index (Phi) is 5.42. The minimum atomic E-state index is -0.551. The smallest absolute Gasteiger partial charge is 0.413 e. The molecule has 0 saturated heterocycles. The highest BCUT2D eigenvalue weighted by molar-refractivity contribution is 5.83. The zero-order valence-corrected chi connectivity index (χ0v) is 16.4. The molecule has 0 bridgehead atoms. The van der Waals surface area contributed by atoms with Crippen molar-refractivity contribution < 1.29 is 19.1 Å². The summed E-state index contributed by atoms with van der Waals surface area (Å²) in [6.07, 6.45) is 3.49. The molecule has 0 aliphatic heterocycles. The largest absolute Gasteiger partial charge is 0.446 e. The first-order valence-electron chi connectivity index (χ1n) is 10.0. The van der Waals surface area contributed by atoms with Crippen LogP contribution in [0.25, 0.3) is 0 Å². The van der Waals surface area contributed by atoms with Gasteiger partial charge < -0.3 is 14.8 Å². The maximum Gasteiger partial charge on any atom is 0.413 e. The number of benzene rings is 1. The number of hydrogen-bond donors (Lipinski definition) is 3. The van der Waals surface area contributed by atoms with E-state index in [4.69, 9.17) is 9.47 Å². The maximum atomic E-state index is 12.0. The van der Waals surface area contributed by atoms with Crippen molar-refractivity contribution >= 4 is 18.0 Å². The van der Waals surface area contributed by atoms with Crippen LogP contribution >= 0.6 is 0 Å². The lowest BCUT2D eigenvalue weighted by Gasteiger charge is -2.16. The van der Waals surface area contributed by atoms with Crippen LogP contribution < -0.4 is 10.6 Å². The van der Waals surface area contributed by atoms with Crippen molar-refractivity contribution in [3.63, 3.8) is 0 Å². The molecule has 2 aliphatic rings. The topological polar surface area (TPSA) is 105 Å². The van der Waals surface area contributed by atoms with Crippen LogP contribution in [0.15, 0.2) is 36.4 Å². The normalized spacial score (nSPS) is 22.0. The molecule has 8 nitrogen and oxygen atoms in total. The fourth-order valence-corrected chi connectivity index (χ4v) is 3.54. The van der Waals surface area contributed by atoms with Crippen LogP contribution in [0.3, 0.4) is 0 Å². The number of hydrogen-bond acceptors (Lipinski definition) is 5. The quantitative estimate of drug-likeness (QED) is 0.680. The van der Waals surface area contributed by atoms with Crippen molar-refractivity contribution in [2.45, 2.75) is 63.2 Å². The van der Waals surface area contributed by atoms with Crippen molar-refractivity contribution in [3.05, 3.63) is 47.7 Å². The number of nitrogens with one attached hydrogen (secondary N) is 3. The molecule has 2 aromatic rings. The second-order valence-corrected chi connectivity index (χ2v) is 8.12. The van der Waals surface area contributed by atoms with Crippen molar-refractivity contribution in [1.82, 2.24) is 15.5 Å². The molecule has 2 amide bonds. The van der Waals surface area contributed by atoms with E-state index in [0.29, 0.717) is 5.82 Å². The second-order valence-electron chi connectivity index (χ2n) is 8.12. The molecule has 8 heteroatoms. The summed E-state index contributed by atoms with van der Waals surface area (Å²) in [6, 6.07) is 11.3. The highest BCUT2D eigenvalue weighted by Gasteiger charge is 2.40. The minimum Gasteiger partial charge on any atom is -0.446 e. The van der Waals surface area contributed by atoms with E-state index in [1.165, 1.54) is 0 Å². The number of ether oxygens (including phenoxy) is 2. The molecule has 2 saturated carbocycles. The van der Waals surface area contributed by atoms with E-state index in [2.05, 4.69) is 20.8 Å². The standard InChI is InChI=1S/C21H26N4O4/c1-21(9-10-21)23-20(27)29-16-8-7-15(11-16)17-12-18(25-24-17)22-19(26)28-13-14-5-3-2-4-6-14/h2-6,12,15-16H,7-11,13H2,1H3,(H,23,27)(H2,22,24,25,26)/t15-,16+/m1/s1. The molecular formula is C21H26N4O4. The van der Waals surface area contributed by atoms with Gasteiger partial charge in [0.25, 0.3) is 0 Å². The van der Waals surface area contributed by atoms with Gasteiger partial charge in [0, 0.05) is 23.2 Å². The number of carbonyl (C=O) groups is 2. The molecule has 1 heterocycles. The van der Waals surface area contributed by atoms with Gasteiger partial charge in [0.2, 0.25) is 0 Å². The van der Waals surface area contributed by atoms with Crippen molar-refractivity contribution in [1.29, 1.82) is 0 Å². The molecule has 0 spiro atoms. The number of carbonyl (C=O) groups excluding carboxylic acids is 2. The van der Waals surface area contributed by atoms with E-state index < -0.39 is 6.09 Å². The zero-order chi connectivity index (χ0) is 20.3. The number of anilines is 1. The van der Waals surface area contributed by atoms with Gasteiger partial charge in [0.05, 0.1) is 0 Å². The molecule has 2 atom stereocenters. The van der Waals surface area contributed by atoms with E-state index in [9.17, 15) is 9.59 Å². The number of rotatable bonds is 6. The molecule has 2 aliphatic carbocycles. The summed E-state index contributed by atoms with van der Waals surface area (Å²) in [5, 5.41) is 12.7. The Balaban J connectivity index is 1.22. The Morgan fingerprint density at radius 2 is 2.00 bits per heavy atom. The average molecular weight is 398 g/mol. The van der Waals surface area contributed by atoms with Gasteiger partial charge in [-0.3, -0.25) is 10.4 Å². The molecule has 29 heavy (non-hydrogen) atoms. The Hall–Kier alpha value is -3.03. The van der Waals surface area contributed by atoms with Crippen LogP contribution in [0.5, 0.6) is 0 Å². The third kappa shape index (κ3) is 5.28. The van der Waals surface area contributed by atoms with Gasteiger partial charge in [0.1, 0.15) is 12.7 Å². The maximum absolute atomic E-state index is 12.0. The lowest BCUT2D eigenvalue weighted by molar-refractivity contribution is 0.0967. The van der Waals surface area contributed by atoms with Gasteiger partial charge in [-0.05, 0) is 44.6 Å². The third-order valence-corrected chi connectivity index (χ3v) is 5.54. The van der Waals surface area contributed by atoms with E-state index in [1.54, 1.807) is 0 Å². The van der Waals surface area contributed by atoms with Crippen LogP contribution in [0.2, 0.25) is 0 Å². The Labute approximate surface area is 169 Å². The highest BCUT2D eigenvalue weighted by atomic mass is 16.6. The molecule has 0 radical (unpaired) electrons. The van der Waals surface area contributed by atoms with Gasteiger partial charge in [-0.1, -0.05) is 30.3 Å². The minimum absolute atomic E-state index is 0.0752. The summed E-state index contributed by atoms with van der Waals surface area (Å²) < 4.78 is 10.8. The summed E-state index contributed by atoms with van der Waals surface area (Å²) in [5.41, 5.74) is 1.76. The number of aromatic amines is 1. The summed E-state index contributed by atoms with van der Waals surface area (Å²) in [4.78, 5) is 23.9. The van der Waals surface area contributed by atoms with Crippen LogP contribution in [0.4, 0.5) is 15.4 Å². The van der Waals surface area contributed by atoms with Gasteiger partial charge >= 0.3 is 12.2 Å². The predicted octanol–water partition coefficient (Wildman–Crippen LogP) is 4.07. The fraction of sp³-hybridized carbons (Fsp3) is 0.476. The number of H-pyrrole nitrogens is 1. The van der Waals surface area contributed by atoms with Crippen LogP contribution in [0, 0.1) is 0 Å². The van der Waals surface area contributed by atoms with Crippen LogP contribution in [-0.2, 0) is 16.1 Å². The Morgan fingerprint density at radius 1 is 1.21 bits per heavy atom. The van der Waals surface area contributed by atoms with Crippen molar-refractivity contribution in [2.75, 3.05) is 5.32 Å². The number of nitrogens with zero attached hydrogens (tertiary/aromatic N) is 1. The molecule has 2 fully saturated rings. The lowest BCUT2D eigenvalue weighted by atomic mass is 10.0. The van der Waals surface area contributed by atoms with E-state index in [-0.39, 0.29) is 30.3 Å². The summed E-state index contributed by atoms with van der Waals surface area (Å²) in [6.45, 7) is 2.22. The van der Waals surface area contributed by atoms with Gasteiger partial charge in [-0.2, -0.15) is 5.10 Å². The molecule has 154 valence electrons. The predicted molar refractivity (Wildman–Crippen MR) is 106 cm³/mol. The Bertz CT molecular complexity index is 863. The summed E-state index contributed by atoms with van der Waals surface area (Å²) >= 11 is 0. The first kappa shape index (κ1) is 19.3. The fourth-order valence-electron chi connectivity index (χ4n) is 3.54. The molecule has 3 N–H and O–H groups in total. The Morgan fingerprint density at radius 3 is 2.76 bits per heavy atom. The van der Waals surface area contributed by atoms with Crippen molar-refractivity contribution in [3.8, 4) is 0 Å². The highest BCUT2D eigenvalue weighted by Crippen LogP contribution is 2.37. The van der Waals surface area contributed by atoms with Gasteiger partial charge in [-0.25, -0.2) is 9.59 Å². The zero-order valence-electron chi connectivity index (χ0n) is 16.4. The summed E-state index contributed by atoms with van der Waals surface area (Å²) in [7, 11) is 0. The van der Waals surface area contributed by atoms with E-state index in [0.717, 1.165) is 43.4 Å². The average Bonchev–Trinajstić information content (AvgIpc) is 3.09. The van der Waals surface area contributed by atoms with Crippen LogP contribution in [-0.4, -0.2) is 34.0 Å². The third-order valence-electron chi connectivity index (χ3n) is 5.54. The monoisotopic (exact) mass is 398 g/mol. The van der Waals surface area contributed by atoms with E-state index >= 15 is 0 Å². The van der Waals surface area contributed by atoms with Gasteiger partial charge in [0.15, 0.2) is 5.82 Å². The number of alkyl carbamates (subject to hydrolysis) is 1. The number of aromatic nitrogens is 2. The SMILES string of the molecule is CC1(NC(=O)O[C@H]2CC[C@@H](c3cc(NC(=O)OCc4ccccc4)n[nH]3)C2)CC1. The van der Waals surface area contributed by atoms with Crippen molar-refractivity contribution in [2.24, 2.45) is 0 Å².